The number of nitrogens with zero attached hydrogens (tertiary/aromatic N) is 1. The van der Waals surface area contributed by atoms with Crippen molar-refractivity contribution in [2.45, 2.75) is 0 Å². The monoisotopic (exact) mass is 375 g/mol. The van der Waals surface area contributed by atoms with E-state index >= 15 is 0 Å². The van der Waals surface area contributed by atoms with Crippen molar-refractivity contribution in [2.24, 2.45) is 5.73 Å². The number of nitrogens with two attached hydrogens (primary N) is 1. The van der Waals surface area contributed by atoms with Gasteiger partial charge in [0, 0.05) is 17.3 Å². The predicted molar refractivity (Wildman–Crippen MR) is 107 cm³/mol. The lowest BCUT2D eigenvalue weighted by Crippen LogP contribution is -2.18. The molecule has 0 saturated carbocycles. The van der Waals surface area contributed by atoms with Crippen molar-refractivity contribution >= 4 is 53.8 Å². The van der Waals surface area contributed by atoms with Gasteiger partial charge in [-0.2, -0.15) is 0 Å². The summed E-state index contributed by atoms with van der Waals surface area (Å²) < 4.78 is 0. The number of thiophene rings is 1. The number of nitrogen functional groups attached to an aromatic ring is 1. The van der Waals surface area contributed by atoms with Crippen molar-refractivity contribution in [3.8, 4) is 0 Å². The van der Waals surface area contributed by atoms with Crippen LogP contribution in [0.2, 0.25) is 0 Å². The van der Waals surface area contributed by atoms with Crippen molar-refractivity contribution < 1.29 is 9.59 Å². The fourth-order valence-electron chi connectivity index (χ4n) is 2.23. The second-order valence-corrected chi connectivity index (χ2v) is 6.46. The number of amidine groups is 1. The summed E-state index contributed by atoms with van der Waals surface area (Å²) in [6, 6.07) is 11.2. The third kappa shape index (κ3) is 4.39. The largest absolute Gasteiger partial charge is 0.384 e. The summed E-state index contributed by atoms with van der Waals surface area (Å²) >= 11 is 1.20. The zero-order valence-electron chi connectivity index (χ0n) is 14.0. The van der Waals surface area contributed by atoms with Gasteiger partial charge in [0.1, 0.15) is 24.4 Å². The SMILES string of the molecule is [B]c1ccc(NC(=O)c2sccc2NC(=O)c2ccc(C(=N)N)cc2)nc1. The van der Waals surface area contributed by atoms with Gasteiger partial charge >= 0.3 is 0 Å². The molecule has 5 N–H and O–H groups in total. The summed E-state index contributed by atoms with van der Waals surface area (Å²) in [4.78, 5) is 29.2. The molecule has 0 bridgehead atoms. The van der Waals surface area contributed by atoms with E-state index in [2.05, 4.69) is 15.6 Å². The maximum atomic E-state index is 12.5. The Hall–Kier alpha value is -3.46. The van der Waals surface area contributed by atoms with Gasteiger partial charge in [-0.1, -0.05) is 23.7 Å². The molecule has 3 rings (SSSR count). The van der Waals surface area contributed by atoms with Crippen LogP contribution in [0.15, 0.2) is 54.0 Å². The minimum Gasteiger partial charge on any atom is -0.384 e. The van der Waals surface area contributed by atoms with Crippen molar-refractivity contribution in [1.29, 1.82) is 5.41 Å². The van der Waals surface area contributed by atoms with Crippen LogP contribution in [0.1, 0.15) is 25.6 Å². The number of carbonyl (C=O) groups is 2. The molecule has 2 aromatic heterocycles. The van der Waals surface area contributed by atoms with Crippen LogP contribution in [0, 0.1) is 5.41 Å². The number of nitrogens with one attached hydrogen (secondary N) is 3. The number of aromatic nitrogens is 1. The lowest BCUT2D eigenvalue weighted by molar-refractivity contribution is 0.102. The first kappa shape index (κ1) is 18.3. The van der Waals surface area contributed by atoms with E-state index in [1.165, 1.54) is 17.5 Å². The van der Waals surface area contributed by atoms with Crippen molar-refractivity contribution in [3.05, 3.63) is 70.0 Å². The van der Waals surface area contributed by atoms with Crippen LogP contribution in [-0.2, 0) is 0 Å². The minimum atomic E-state index is -0.385. The van der Waals surface area contributed by atoms with Crippen molar-refractivity contribution in [1.82, 2.24) is 4.98 Å². The Balaban J connectivity index is 1.72. The Labute approximate surface area is 160 Å². The molecule has 0 fully saturated rings. The van der Waals surface area contributed by atoms with Crippen molar-refractivity contribution in [2.75, 3.05) is 10.6 Å². The van der Waals surface area contributed by atoms with Crippen LogP contribution in [-0.4, -0.2) is 30.5 Å². The fraction of sp³-hybridized carbons (Fsp3) is 0. The first-order valence-corrected chi connectivity index (χ1v) is 8.68. The maximum absolute atomic E-state index is 12.5. The highest BCUT2D eigenvalue weighted by Gasteiger charge is 2.16. The number of benzene rings is 1. The Bertz CT molecular complexity index is 999. The topological polar surface area (TPSA) is 121 Å². The van der Waals surface area contributed by atoms with Crippen LogP contribution >= 0.6 is 11.3 Å². The van der Waals surface area contributed by atoms with Gasteiger partial charge in [-0.3, -0.25) is 15.0 Å². The summed E-state index contributed by atoms with van der Waals surface area (Å²) in [6.45, 7) is 0. The molecular weight excluding hydrogens is 361 g/mol. The van der Waals surface area contributed by atoms with E-state index in [0.29, 0.717) is 33.0 Å². The number of pyridine rings is 1. The molecular formula is C18H14BN5O2S. The molecule has 9 heteroatoms. The zero-order chi connectivity index (χ0) is 19.4. The molecule has 1 aromatic carbocycles. The third-order valence-corrected chi connectivity index (χ3v) is 4.52. The Morgan fingerprint density at radius 2 is 1.70 bits per heavy atom. The average Bonchev–Trinajstić information content (AvgIpc) is 3.12. The number of carbonyl (C=O) groups excluding carboxylic acids is 2. The third-order valence-electron chi connectivity index (χ3n) is 3.61. The molecule has 2 heterocycles. The lowest BCUT2D eigenvalue weighted by atomic mass is 9.99. The summed E-state index contributed by atoms with van der Waals surface area (Å²) in [7, 11) is 5.57. The fourth-order valence-corrected chi connectivity index (χ4v) is 2.98. The molecule has 0 aliphatic rings. The van der Waals surface area contributed by atoms with Gasteiger partial charge in [-0.15, -0.1) is 11.3 Å². The van der Waals surface area contributed by atoms with Gasteiger partial charge in [0.15, 0.2) is 0 Å². The van der Waals surface area contributed by atoms with Gasteiger partial charge < -0.3 is 16.4 Å². The summed E-state index contributed by atoms with van der Waals surface area (Å²) in [5.74, 6) is -0.470. The quantitative estimate of drug-likeness (QED) is 0.308. The number of hydrogen-bond acceptors (Lipinski definition) is 5. The lowest BCUT2D eigenvalue weighted by Gasteiger charge is -2.08. The van der Waals surface area contributed by atoms with Crippen LogP contribution in [0.3, 0.4) is 0 Å². The molecule has 3 aromatic rings. The zero-order valence-corrected chi connectivity index (χ0v) is 14.8. The van der Waals surface area contributed by atoms with E-state index in [9.17, 15) is 9.59 Å². The van der Waals surface area contributed by atoms with E-state index in [0.717, 1.165) is 0 Å². The molecule has 0 unspecified atom stereocenters. The van der Waals surface area contributed by atoms with Crippen LogP contribution in [0.25, 0.3) is 0 Å². The average molecular weight is 375 g/mol. The highest BCUT2D eigenvalue weighted by molar-refractivity contribution is 7.12. The molecule has 0 saturated heterocycles. The van der Waals surface area contributed by atoms with Crippen molar-refractivity contribution in [3.63, 3.8) is 0 Å². The van der Waals surface area contributed by atoms with E-state index in [-0.39, 0.29) is 17.6 Å². The Kier molecular flexibility index (Phi) is 5.32. The molecule has 0 aliphatic carbocycles. The van der Waals surface area contributed by atoms with Gasteiger partial charge in [0.05, 0.1) is 5.69 Å². The second kappa shape index (κ2) is 7.84. The van der Waals surface area contributed by atoms with E-state index in [1.807, 2.05) is 0 Å². The first-order chi connectivity index (χ1) is 12.9. The highest BCUT2D eigenvalue weighted by Crippen LogP contribution is 2.24. The summed E-state index contributed by atoms with van der Waals surface area (Å²) in [5, 5.41) is 14.5. The molecule has 0 atom stereocenters. The maximum Gasteiger partial charge on any atom is 0.269 e. The molecule has 2 radical (unpaired) electrons. The second-order valence-electron chi connectivity index (χ2n) is 5.54. The van der Waals surface area contributed by atoms with Gasteiger partial charge in [0.25, 0.3) is 11.8 Å². The number of hydrogen-bond donors (Lipinski definition) is 4. The number of anilines is 2. The van der Waals surface area contributed by atoms with Crippen LogP contribution < -0.4 is 21.8 Å². The van der Waals surface area contributed by atoms with Gasteiger partial charge in [-0.05, 0) is 29.6 Å². The summed E-state index contributed by atoms with van der Waals surface area (Å²) in [6.07, 6.45) is 1.44. The van der Waals surface area contributed by atoms with Gasteiger partial charge in [0.2, 0.25) is 0 Å². The van der Waals surface area contributed by atoms with E-state index in [1.54, 1.807) is 47.8 Å². The van der Waals surface area contributed by atoms with Crippen LogP contribution in [0.4, 0.5) is 11.5 Å². The standard InChI is InChI=1S/C18H14BN5O2S/c19-12-5-6-14(22-9-12)24-18(26)15-13(7-8-27-15)23-17(25)11-3-1-10(2-4-11)16(20)21/h1-9H,(H3,20,21)(H,23,25)(H,22,24,26). The number of rotatable bonds is 5. The molecule has 0 spiro atoms. The molecule has 2 amide bonds. The Morgan fingerprint density at radius 3 is 2.33 bits per heavy atom. The molecule has 27 heavy (non-hydrogen) atoms. The molecule has 7 nitrogen and oxygen atoms in total. The highest BCUT2D eigenvalue weighted by atomic mass is 32.1. The predicted octanol–water partition coefficient (Wildman–Crippen LogP) is 1.73. The molecule has 132 valence electrons. The van der Waals surface area contributed by atoms with E-state index < -0.39 is 0 Å². The minimum absolute atomic E-state index is 0.0740. The first-order valence-electron chi connectivity index (χ1n) is 7.80. The smallest absolute Gasteiger partial charge is 0.269 e. The van der Waals surface area contributed by atoms with E-state index in [4.69, 9.17) is 19.0 Å². The summed E-state index contributed by atoms with van der Waals surface area (Å²) in [5.41, 5.74) is 7.21. The number of amides is 2. The van der Waals surface area contributed by atoms with Crippen LogP contribution in [0.5, 0.6) is 0 Å². The normalized spacial score (nSPS) is 10.2. The Morgan fingerprint density at radius 1 is 1.00 bits per heavy atom. The van der Waals surface area contributed by atoms with Gasteiger partial charge in [-0.25, -0.2) is 4.98 Å². The molecule has 0 aliphatic heterocycles.